The van der Waals surface area contributed by atoms with E-state index in [9.17, 15) is 9.90 Å². The van der Waals surface area contributed by atoms with Gasteiger partial charge in [-0.05, 0) is 30.3 Å². The number of phenols is 1. The SMILES string of the molecule is CN(Cc1cc(C(=O)NN)co1)c1ccc(O)cc1. The van der Waals surface area contributed by atoms with E-state index in [-0.39, 0.29) is 11.7 Å². The van der Waals surface area contributed by atoms with Crippen molar-refractivity contribution in [3.05, 3.63) is 47.9 Å². The number of nitrogens with zero attached hydrogens (tertiary/aromatic N) is 1. The summed E-state index contributed by atoms with van der Waals surface area (Å²) in [6.07, 6.45) is 1.36. The highest BCUT2D eigenvalue weighted by Crippen LogP contribution is 2.19. The van der Waals surface area contributed by atoms with E-state index in [4.69, 9.17) is 10.3 Å². The molecule has 0 saturated carbocycles. The van der Waals surface area contributed by atoms with Gasteiger partial charge in [-0.15, -0.1) is 0 Å². The number of furan rings is 1. The average molecular weight is 261 g/mol. The van der Waals surface area contributed by atoms with Crippen molar-refractivity contribution in [1.82, 2.24) is 5.43 Å². The van der Waals surface area contributed by atoms with Crippen LogP contribution >= 0.6 is 0 Å². The molecule has 2 rings (SSSR count). The molecule has 0 atom stereocenters. The van der Waals surface area contributed by atoms with Gasteiger partial charge in [-0.2, -0.15) is 0 Å². The van der Waals surface area contributed by atoms with Crippen LogP contribution in [0.1, 0.15) is 16.1 Å². The van der Waals surface area contributed by atoms with Crippen LogP contribution in [-0.4, -0.2) is 18.1 Å². The first-order valence-electron chi connectivity index (χ1n) is 5.68. The second kappa shape index (κ2) is 5.45. The average Bonchev–Trinajstić information content (AvgIpc) is 2.87. The third-order valence-corrected chi connectivity index (χ3v) is 2.73. The number of nitrogens with one attached hydrogen (secondary N) is 1. The summed E-state index contributed by atoms with van der Waals surface area (Å²) < 4.78 is 5.30. The number of amides is 1. The molecule has 4 N–H and O–H groups in total. The first-order chi connectivity index (χ1) is 9.10. The number of carbonyl (C=O) groups is 1. The molecule has 1 aromatic heterocycles. The number of rotatable bonds is 4. The van der Waals surface area contributed by atoms with Gasteiger partial charge in [0.15, 0.2) is 0 Å². The van der Waals surface area contributed by atoms with Gasteiger partial charge in [0.1, 0.15) is 17.8 Å². The Hall–Kier alpha value is -2.47. The van der Waals surface area contributed by atoms with E-state index in [1.807, 2.05) is 17.4 Å². The molecule has 0 aliphatic rings. The summed E-state index contributed by atoms with van der Waals surface area (Å²) in [5.41, 5.74) is 3.36. The number of hydrazine groups is 1. The molecule has 0 saturated heterocycles. The van der Waals surface area contributed by atoms with Crippen LogP contribution in [0.4, 0.5) is 5.69 Å². The first kappa shape index (κ1) is 13.0. The van der Waals surface area contributed by atoms with Crippen molar-refractivity contribution in [3.63, 3.8) is 0 Å². The smallest absolute Gasteiger partial charge is 0.268 e. The molecule has 0 aliphatic heterocycles. The number of carbonyl (C=O) groups excluding carboxylic acids is 1. The number of hydrogen-bond acceptors (Lipinski definition) is 5. The molecule has 0 unspecified atom stereocenters. The summed E-state index contributed by atoms with van der Waals surface area (Å²) in [4.78, 5) is 13.2. The normalized spacial score (nSPS) is 10.2. The fourth-order valence-electron chi connectivity index (χ4n) is 1.70. The lowest BCUT2D eigenvalue weighted by Crippen LogP contribution is -2.29. The maximum absolute atomic E-state index is 11.3. The highest BCUT2D eigenvalue weighted by molar-refractivity contribution is 5.93. The molecule has 6 nitrogen and oxygen atoms in total. The lowest BCUT2D eigenvalue weighted by Gasteiger charge is -2.17. The number of aromatic hydroxyl groups is 1. The van der Waals surface area contributed by atoms with Gasteiger partial charge in [0, 0.05) is 12.7 Å². The van der Waals surface area contributed by atoms with E-state index in [0.717, 1.165) is 5.69 Å². The minimum absolute atomic E-state index is 0.219. The standard InChI is InChI=1S/C13H15N3O3/c1-16(10-2-4-11(17)5-3-10)7-12-6-9(8-19-12)13(18)15-14/h2-6,8,17H,7,14H2,1H3,(H,15,18). The van der Waals surface area contributed by atoms with Crippen LogP contribution < -0.4 is 16.2 Å². The number of nitrogens with two attached hydrogens (primary N) is 1. The number of benzene rings is 1. The Bertz CT molecular complexity index is 563. The molecule has 0 aliphatic carbocycles. The maximum Gasteiger partial charge on any atom is 0.268 e. The summed E-state index contributed by atoms with van der Waals surface area (Å²) in [7, 11) is 1.89. The van der Waals surface area contributed by atoms with E-state index in [2.05, 4.69) is 0 Å². The van der Waals surface area contributed by atoms with E-state index in [1.165, 1.54) is 6.26 Å². The van der Waals surface area contributed by atoms with Crippen LogP contribution in [-0.2, 0) is 6.54 Å². The van der Waals surface area contributed by atoms with Crippen LogP contribution in [0.2, 0.25) is 0 Å². The minimum atomic E-state index is -0.387. The van der Waals surface area contributed by atoms with E-state index in [1.54, 1.807) is 30.3 Å². The highest BCUT2D eigenvalue weighted by atomic mass is 16.3. The Morgan fingerprint density at radius 1 is 1.42 bits per heavy atom. The Labute approximate surface area is 110 Å². The lowest BCUT2D eigenvalue weighted by atomic mass is 10.2. The van der Waals surface area contributed by atoms with Crippen molar-refractivity contribution in [1.29, 1.82) is 0 Å². The molecule has 1 aromatic carbocycles. The number of phenolic OH excluding ortho intramolecular Hbond substituents is 1. The molecule has 1 amide bonds. The molecule has 0 fully saturated rings. The zero-order valence-corrected chi connectivity index (χ0v) is 10.5. The second-order valence-electron chi connectivity index (χ2n) is 4.15. The molecule has 2 aromatic rings. The summed E-state index contributed by atoms with van der Waals surface area (Å²) in [6, 6.07) is 8.46. The van der Waals surface area contributed by atoms with Gasteiger partial charge in [0.2, 0.25) is 0 Å². The predicted molar refractivity (Wildman–Crippen MR) is 70.6 cm³/mol. The van der Waals surface area contributed by atoms with Crippen LogP contribution in [0.25, 0.3) is 0 Å². The molecule has 1 heterocycles. The zero-order chi connectivity index (χ0) is 13.8. The molecule has 6 heteroatoms. The Morgan fingerprint density at radius 2 is 2.11 bits per heavy atom. The molecule has 0 bridgehead atoms. The van der Waals surface area contributed by atoms with Crippen LogP contribution in [0, 0.1) is 0 Å². The zero-order valence-electron chi connectivity index (χ0n) is 10.5. The van der Waals surface area contributed by atoms with E-state index in [0.29, 0.717) is 17.9 Å². The van der Waals surface area contributed by atoms with Crippen LogP contribution in [0.3, 0.4) is 0 Å². The summed E-state index contributed by atoms with van der Waals surface area (Å²) in [6.45, 7) is 0.503. The molecule has 19 heavy (non-hydrogen) atoms. The molecular formula is C13H15N3O3. The van der Waals surface area contributed by atoms with Crippen molar-refractivity contribution < 1.29 is 14.3 Å². The third-order valence-electron chi connectivity index (χ3n) is 2.73. The van der Waals surface area contributed by atoms with Crippen molar-refractivity contribution in [3.8, 4) is 5.75 Å². The quantitative estimate of drug-likeness (QED) is 0.437. The Balaban J connectivity index is 2.06. The summed E-state index contributed by atoms with van der Waals surface area (Å²) in [5, 5.41) is 9.23. The monoisotopic (exact) mass is 261 g/mol. The van der Waals surface area contributed by atoms with Gasteiger partial charge in [0.05, 0.1) is 12.1 Å². The van der Waals surface area contributed by atoms with Gasteiger partial charge < -0.3 is 14.4 Å². The minimum Gasteiger partial charge on any atom is -0.508 e. The summed E-state index contributed by atoms with van der Waals surface area (Å²) in [5.74, 6) is 5.52. The fraction of sp³-hybridized carbons (Fsp3) is 0.154. The first-order valence-corrected chi connectivity index (χ1v) is 5.68. The van der Waals surface area contributed by atoms with Crippen molar-refractivity contribution in [2.45, 2.75) is 6.54 Å². The van der Waals surface area contributed by atoms with Gasteiger partial charge in [-0.25, -0.2) is 5.84 Å². The Morgan fingerprint density at radius 3 is 2.74 bits per heavy atom. The van der Waals surface area contributed by atoms with Gasteiger partial charge in [-0.1, -0.05) is 0 Å². The highest BCUT2D eigenvalue weighted by Gasteiger charge is 2.10. The Kier molecular flexibility index (Phi) is 3.72. The van der Waals surface area contributed by atoms with E-state index >= 15 is 0 Å². The lowest BCUT2D eigenvalue weighted by molar-refractivity contribution is 0.0953. The van der Waals surface area contributed by atoms with Crippen LogP contribution in [0.15, 0.2) is 41.0 Å². The molecule has 100 valence electrons. The summed E-state index contributed by atoms with van der Waals surface area (Å²) >= 11 is 0. The van der Waals surface area contributed by atoms with Crippen molar-refractivity contribution in [2.24, 2.45) is 5.84 Å². The topological polar surface area (TPSA) is 91.7 Å². The molecule has 0 spiro atoms. The molecular weight excluding hydrogens is 246 g/mol. The number of nitrogen functional groups attached to an aromatic ring is 1. The van der Waals surface area contributed by atoms with Crippen LogP contribution in [0.5, 0.6) is 5.75 Å². The maximum atomic E-state index is 11.3. The number of anilines is 1. The fourth-order valence-corrected chi connectivity index (χ4v) is 1.70. The van der Waals surface area contributed by atoms with Gasteiger partial charge in [0.25, 0.3) is 5.91 Å². The number of hydrogen-bond donors (Lipinski definition) is 3. The van der Waals surface area contributed by atoms with E-state index < -0.39 is 0 Å². The van der Waals surface area contributed by atoms with Gasteiger partial charge in [-0.3, -0.25) is 10.2 Å². The van der Waals surface area contributed by atoms with Gasteiger partial charge >= 0.3 is 0 Å². The predicted octanol–water partition coefficient (Wildman–Crippen LogP) is 1.23. The third kappa shape index (κ3) is 3.05. The second-order valence-corrected chi connectivity index (χ2v) is 4.15. The van der Waals surface area contributed by atoms with Crippen molar-refractivity contribution >= 4 is 11.6 Å². The van der Waals surface area contributed by atoms with Crippen molar-refractivity contribution in [2.75, 3.05) is 11.9 Å². The molecule has 0 radical (unpaired) electrons. The largest absolute Gasteiger partial charge is 0.508 e.